The van der Waals surface area contributed by atoms with Gasteiger partial charge in [-0.2, -0.15) is 5.10 Å². The van der Waals surface area contributed by atoms with Crippen LogP contribution in [-0.4, -0.2) is 21.9 Å². The summed E-state index contributed by atoms with van der Waals surface area (Å²) in [6, 6.07) is 16.1. The van der Waals surface area contributed by atoms with Gasteiger partial charge < -0.3 is 5.32 Å². The van der Waals surface area contributed by atoms with Gasteiger partial charge in [0.2, 0.25) is 0 Å². The van der Waals surface area contributed by atoms with Crippen molar-refractivity contribution in [1.29, 1.82) is 0 Å². The van der Waals surface area contributed by atoms with Gasteiger partial charge in [-0.15, -0.1) is 11.8 Å². The number of amides is 1. The number of aromatic nitrogens is 2. The second-order valence-electron chi connectivity index (χ2n) is 5.89. The van der Waals surface area contributed by atoms with E-state index in [4.69, 9.17) is 0 Å². The Morgan fingerprint density at radius 2 is 2.00 bits per heavy atom. The van der Waals surface area contributed by atoms with Gasteiger partial charge in [0.25, 0.3) is 5.91 Å². The van der Waals surface area contributed by atoms with Gasteiger partial charge in [-0.05, 0) is 48.1 Å². The van der Waals surface area contributed by atoms with Crippen molar-refractivity contribution in [2.24, 2.45) is 0 Å². The molecule has 0 saturated heterocycles. The normalized spacial score (nSPS) is 10.6. The number of hydrogen-bond acceptors (Lipinski definition) is 3. The summed E-state index contributed by atoms with van der Waals surface area (Å²) >= 11 is 1.64. The molecule has 0 aliphatic carbocycles. The van der Waals surface area contributed by atoms with Crippen LogP contribution in [0.5, 0.6) is 0 Å². The lowest BCUT2D eigenvalue weighted by Crippen LogP contribution is -2.23. The highest BCUT2D eigenvalue weighted by Crippen LogP contribution is 2.19. The van der Waals surface area contributed by atoms with E-state index in [1.165, 1.54) is 0 Å². The van der Waals surface area contributed by atoms with E-state index in [1.54, 1.807) is 18.0 Å². The monoisotopic (exact) mass is 351 g/mol. The Balaban J connectivity index is 1.66. The summed E-state index contributed by atoms with van der Waals surface area (Å²) in [6.45, 7) is 3.20. The Kier molecular flexibility index (Phi) is 5.56. The molecule has 1 heterocycles. The van der Waals surface area contributed by atoms with Gasteiger partial charge >= 0.3 is 0 Å². The van der Waals surface area contributed by atoms with E-state index in [1.807, 2.05) is 60.5 Å². The van der Waals surface area contributed by atoms with Gasteiger partial charge in [-0.1, -0.05) is 30.3 Å². The quantitative estimate of drug-likeness (QED) is 0.685. The fraction of sp³-hybridized carbons (Fsp3) is 0.200. The lowest BCUT2D eigenvalue weighted by atomic mass is 10.1. The number of thioether (sulfide) groups is 1. The predicted octanol–water partition coefficient (Wildman–Crippen LogP) is 3.89. The van der Waals surface area contributed by atoms with Crippen LogP contribution in [0.25, 0.3) is 0 Å². The average Bonchev–Trinajstić information content (AvgIpc) is 3.13. The van der Waals surface area contributed by atoms with E-state index in [2.05, 4.69) is 22.5 Å². The standard InChI is InChI=1S/C20H21N3OS/c1-15-7-8-18(25-2)12-19(15)20(24)21-13-16-5-3-6-17(11-16)14-23-10-4-9-22-23/h3-12H,13-14H2,1-2H3,(H,21,24). The summed E-state index contributed by atoms with van der Waals surface area (Å²) in [6.07, 6.45) is 5.72. The molecule has 25 heavy (non-hydrogen) atoms. The minimum atomic E-state index is -0.0362. The molecule has 3 aromatic rings. The third-order valence-electron chi connectivity index (χ3n) is 4.04. The van der Waals surface area contributed by atoms with Crippen molar-refractivity contribution in [2.75, 3.05) is 6.26 Å². The van der Waals surface area contributed by atoms with Gasteiger partial charge in [-0.3, -0.25) is 9.48 Å². The molecule has 0 aliphatic rings. The molecule has 0 aliphatic heterocycles. The topological polar surface area (TPSA) is 46.9 Å². The van der Waals surface area contributed by atoms with Gasteiger partial charge in [0.15, 0.2) is 0 Å². The SMILES string of the molecule is CSc1ccc(C)c(C(=O)NCc2cccc(Cn3cccn3)c2)c1. The molecule has 5 heteroatoms. The zero-order chi connectivity index (χ0) is 17.6. The third-order valence-corrected chi connectivity index (χ3v) is 4.76. The van der Waals surface area contributed by atoms with E-state index in [-0.39, 0.29) is 5.91 Å². The van der Waals surface area contributed by atoms with Gasteiger partial charge in [-0.25, -0.2) is 0 Å². The molecule has 1 amide bonds. The second-order valence-corrected chi connectivity index (χ2v) is 6.77. The molecule has 0 atom stereocenters. The number of aryl methyl sites for hydroxylation is 1. The van der Waals surface area contributed by atoms with Gasteiger partial charge in [0, 0.05) is 29.4 Å². The number of benzene rings is 2. The van der Waals surface area contributed by atoms with E-state index in [9.17, 15) is 4.79 Å². The van der Waals surface area contributed by atoms with Crippen molar-refractivity contribution in [3.05, 3.63) is 83.2 Å². The molecule has 2 aromatic carbocycles. The molecule has 0 spiro atoms. The summed E-state index contributed by atoms with van der Waals surface area (Å²) in [5.74, 6) is -0.0362. The average molecular weight is 351 g/mol. The Hall–Kier alpha value is -2.53. The predicted molar refractivity (Wildman–Crippen MR) is 102 cm³/mol. The van der Waals surface area contributed by atoms with Crippen molar-refractivity contribution in [1.82, 2.24) is 15.1 Å². The number of carbonyl (C=O) groups is 1. The molecular weight excluding hydrogens is 330 g/mol. The van der Waals surface area contributed by atoms with E-state index >= 15 is 0 Å². The van der Waals surface area contributed by atoms with E-state index in [0.717, 1.165) is 33.7 Å². The molecule has 0 fully saturated rings. The minimum absolute atomic E-state index is 0.0362. The maximum absolute atomic E-state index is 12.5. The first-order valence-corrected chi connectivity index (χ1v) is 9.36. The molecular formula is C20H21N3OS. The van der Waals surface area contributed by atoms with Crippen LogP contribution in [-0.2, 0) is 13.1 Å². The third kappa shape index (κ3) is 4.51. The zero-order valence-electron chi connectivity index (χ0n) is 14.4. The molecule has 1 aromatic heterocycles. The van der Waals surface area contributed by atoms with Crippen LogP contribution in [0.15, 0.2) is 65.8 Å². The molecule has 128 valence electrons. The first kappa shape index (κ1) is 17.3. The highest BCUT2D eigenvalue weighted by atomic mass is 32.2. The van der Waals surface area contributed by atoms with Gasteiger partial charge in [0.1, 0.15) is 0 Å². The summed E-state index contributed by atoms with van der Waals surface area (Å²) in [4.78, 5) is 13.6. The second kappa shape index (κ2) is 8.03. The first-order chi connectivity index (χ1) is 12.2. The number of nitrogens with one attached hydrogen (secondary N) is 1. The highest BCUT2D eigenvalue weighted by molar-refractivity contribution is 7.98. The summed E-state index contributed by atoms with van der Waals surface area (Å²) in [7, 11) is 0. The van der Waals surface area contributed by atoms with Crippen molar-refractivity contribution in [3.8, 4) is 0 Å². The summed E-state index contributed by atoms with van der Waals surface area (Å²) in [5.41, 5.74) is 3.97. The Morgan fingerprint density at radius 1 is 1.16 bits per heavy atom. The van der Waals surface area contributed by atoms with E-state index in [0.29, 0.717) is 6.54 Å². The molecule has 0 bridgehead atoms. The Morgan fingerprint density at radius 3 is 2.76 bits per heavy atom. The van der Waals surface area contributed by atoms with Crippen LogP contribution in [0.1, 0.15) is 27.0 Å². The number of nitrogens with zero attached hydrogens (tertiary/aromatic N) is 2. The highest BCUT2D eigenvalue weighted by Gasteiger charge is 2.10. The fourth-order valence-corrected chi connectivity index (χ4v) is 3.11. The van der Waals surface area contributed by atoms with Gasteiger partial charge in [0.05, 0.1) is 6.54 Å². The van der Waals surface area contributed by atoms with Crippen LogP contribution < -0.4 is 5.32 Å². The molecule has 1 N–H and O–H groups in total. The molecule has 0 unspecified atom stereocenters. The van der Waals surface area contributed by atoms with Crippen molar-refractivity contribution >= 4 is 17.7 Å². The fourth-order valence-electron chi connectivity index (χ4n) is 2.67. The largest absolute Gasteiger partial charge is 0.348 e. The molecule has 0 radical (unpaired) electrons. The van der Waals surface area contributed by atoms with E-state index < -0.39 is 0 Å². The zero-order valence-corrected chi connectivity index (χ0v) is 15.2. The van der Waals surface area contributed by atoms with Crippen LogP contribution in [0, 0.1) is 6.92 Å². The summed E-state index contributed by atoms with van der Waals surface area (Å²) < 4.78 is 1.88. The molecule has 4 nitrogen and oxygen atoms in total. The van der Waals surface area contributed by atoms with Crippen molar-refractivity contribution in [2.45, 2.75) is 24.9 Å². The maximum Gasteiger partial charge on any atom is 0.251 e. The summed E-state index contributed by atoms with van der Waals surface area (Å²) in [5, 5.41) is 7.25. The minimum Gasteiger partial charge on any atom is -0.348 e. The molecule has 0 saturated carbocycles. The van der Waals surface area contributed by atoms with Crippen LogP contribution in [0.4, 0.5) is 0 Å². The Bertz CT molecular complexity index is 859. The van der Waals surface area contributed by atoms with Crippen molar-refractivity contribution < 1.29 is 4.79 Å². The maximum atomic E-state index is 12.5. The van der Waals surface area contributed by atoms with Crippen LogP contribution >= 0.6 is 11.8 Å². The molecule has 3 rings (SSSR count). The number of carbonyl (C=O) groups excluding carboxylic acids is 1. The van der Waals surface area contributed by atoms with Crippen LogP contribution in [0.2, 0.25) is 0 Å². The van der Waals surface area contributed by atoms with Crippen LogP contribution in [0.3, 0.4) is 0 Å². The van der Waals surface area contributed by atoms with Crippen molar-refractivity contribution in [3.63, 3.8) is 0 Å². The lowest BCUT2D eigenvalue weighted by molar-refractivity contribution is 0.0950. The first-order valence-electron chi connectivity index (χ1n) is 8.14. The Labute approximate surface area is 152 Å². The number of rotatable bonds is 6. The number of hydrogen-bond donors (Lipinski definition) is 1. The lowest BCUT2D eigenvalue weighted by Gasteiger charge is -2.10. The smallest absolute Gasteiger partial charge is 0.251 e.